The van der Waals surface area contributed by atoms with Crippen LogP contribution in [-0.2, 0) is 26.2 Å². The number of aryl methyl sites for hydroxylation is 3. The van der Waals surface area contributed by atoms with Crippen LogP contribution in [0.25, 0.3) is 0 Å². The molecule has 1 N–H and O–H groups in total. The lowest BCUT2D eigenvalue weighted by Crippen LogP contribution is -2.27. The third-order valence-electron chi connectivity index (χ3n) is 5.11. The average molecular weight is 373 g/mol. The van der Waals surface area contributed by atoms with Crippen LogP contribution in [0.2, 0.25) is 0 Å². The quantitative estimate of drug-likeness (QED) is 0.846. The van der Waals surface area contributed by atoms with E-state index >= 15 is 0 Å². The van der Waals surface area contributed by atoms with E-state index in [4.69, 9.17) is 5.10 Å². The number of amides is 1. The summed E-state index contributed by atoms with van der Waals surface area (Å²) in [5.74, 6) is 0.586. The highest BCUT2D eigenvalue weighted by Crippen LogP contribution is 2.16. The topological polar surface area (TPSA) is 68.0 Å². The Bertz CT molecular complexity index is 804. The van der Waals surface area contributed by atoms with Crippen LogP contribution in [0.5, 0.6) is 0 Å². The second-order valence-corrected chi connectivity index (χ2v) is 7.88. The minimum Gasteiger partial charge on any atom is -0.346 e. The minimum absolute atomic E-state index is 0.0747. The summed E-state index contributed by atoms with van der Waals surface area (Å²) in [6.07, 6.45) is 1.11. The summed E-state index contributed by atoms with van der Waals surface area (Å²) in [6.45, 7) is 15.7. The van der Waals surface area contributed by atoms with Crippen LogP contribution in [0.15, 0.2) is 6.07 Å². The van der Waals surface area contributed by atoms with E-state index in [1.54, 1.807) is 0 Å². The van der Waals surface area contributed by atoms with Crippen molar-refractivity contribution in [2.45, 2.75) is 67.2 Å². The average Bonchev–Trinajstić information content (AvgIpc) is 3.05. The number of nitrogens with zero attached hydrogens (tertiary/aromatic N) is 5. The Morgan fingerprint density at radius 3 is 2.70 bits per heavy atom. The molecule has 0 aliphatic carbocycles. The van der Waals surface area contributed by atoms with Crippen LogP contribution in [0, 0.1) is 19.8 Å². The molecule has 1 aliphatic heterocycles. The van der Waals surface area contributed by atoms with E-state index in [0.29, 0.717) is 18.0 Å². The molecular weight excluding hydrogens is 340 g/mol. The van der Waals surface area contributed by atoms with Crippen LogP contribution >= 0.6 is 0 Å². The van der Waals surface area contributed by atoms with Crippen LogP contribution in [0.1, 0.15) is 60.3 Å². The number of hydrogen-bond donors (Lipinski definition) is 1. The number of carbonyl (C=O) groups excluding carboxylic acids is 1. The lowest BCUT2D eigenvalue weighted by Gasteiger charge is -2.21. The van der Waals surface area contributed by atoms with Gasteiger partial charge >= 0.3 is 0 Å². The Kier molecular flexibility index (Phi) is 5.99. The molecule has 0 spiro atoms. The van der Waals surface area contributed by atoms with Crippen molar-refractivity contribution in [1.82, 2.24) is 29.8 Å². The van der Waals surface area contributed by atoms with E-state index in [0.717, 1.165) is 56.2 Å². The Morgan fingerprint density at radius 2 is 2.04 bits per heavy atom. The second-order valence-electron chi connectivity index (χ2n) is 7.88. The zero-order valence-corrected chi connectivity index (χ0v) is 17.2. The molecule has 0 radical (unpaired) electrons. The van der Waals surface area contributed by atoms with Crippen molar-refractivity contribution in [3.05, 3.63) is 34.4 Å². The Morgan fingerprint density at radius 1 is 1.26 bits per heavy atom. The van der Waals surface area contributed by atoms with Gasteiger partial charge in [0.2, 0.25) is 0 Å². The van der Waals surface area contributed by atoms with Gasteiger partial charge in [-0.3, -0.25) is 19.1 Å². The molecule has 0 aromatic carbocycles. The maximum absolute atomic E-state index is 12.7. The summed E-state index contributed by atoms with van der Waals surface area (Å²) in [4.78, 5) is 15.2. The van der Waals surface area contributed by atoms with Crippen molar-refractivity contribution in [2.75, 3.05) is 13.1 Å². The first-order chi connectivity index (χ1) is 12.9. The first kappa shape index (κ1) is 19.6. The van der Waals surface area contributed by atoms with E-state index in [1.165, 1.54) is 5.69 Å². The molecule has 3 rings (SSSR count). The van der Waals surface area contributed by atoms with E-state index in [1.807, 2.05) is 25.5 Å². The molecule has 1 amide bonds. The highest BCUT2D eigenvalue weighted by atomic mass is 16.1. The molecule has 2 aromatic heterocycles. The largest absolute Gasteiger partial charge is 0.346 e. The predicted octanol–water partition coefficient (Wildman–Crippen LogP) is 2.51. The van der Waals surface area contributed by atoms with Gasteiger partial charge in [0.25, 0.3) is 5.91 Å². The zero-order valence-electron chi connectivity index (χ0n) is 17.2. The summed E-state index contributed by atoms with van der Waals surface area (Å²) in [5, 5.41) is 12.2. The smallest absolute Gasteiger partial charge is 0.255 e. The Balaban J connectivity index is 1.66. The molecule has 148 valence electrons. The zero-order chi connectivity index (χ0) is 19.6. The second kappa shape index (κ2) is 8.25. The number of aromatic nitrogens is 4. The van der Waals surface area contributed by atoms with Gasteiger partial charge in [0.15, 0.2) is 0 Å². The maximum Gasteiger partial charge on any atom is 0.255 e. The number of hydrogen-bond acceptors (Lipinski definition) is 4. The lowest BCUT2D eigenvalue weighted by molar-refractivity contribution is 0.0949. The standard InChI is InChI=1S/C20H32N6O/c1-6-25-16(5)19(15(4)22-25)20(27)21-11-17-10-18-13-24(12-14(2)3)8-7-9-26(18)23-17/h10,14H,6-9,11-13H2,1-5H3,(H,21,27). The third kappa shape index (κ3) is 4.40. The summed E-state index contributed by atoms with van der Waals surface area (Å²) in [5.41, 5.74) is 4.53. The molecule has 0 saturated heterocycles. The van der Waals surface area contributed by atoms with Gasteiger partial charge in [0.05, 0.1) is 29.2 Å². The molecule has 7 heteroatoms. The fraction of sp³-hybridized carbons (Fsp3) is 0.650. The number of nitrogens with one attached hydrogen (secondary N) is 1. The van der Waals surface area contributed by atoms with Gasteiger partial charge < -0.3 is 5.32 Å². The van der Waals surface area contributed by atoms with Gasteiger partial charge in [0, 0.05) is 38.4 Å². The molecule has 0 saturated carbocycles. The highest BCUT2D eigenvalue weighted by molar-refractivity contribution is 5.96. The Labute approximate surface area is 161 Å². The molecular formula is C20H32N6O. The van der Waals surface area contributed by atoms with Gasteiger partial charge in [-0.2, -0.15) is 10.2 Å². The normalized spacial score (nSPS) is 15.0. The van der Waals surface area contributed by atoms with E-state index < -0.39 is 0 Å². The lowest BCUT2D eigenvalue weighted by atomic mass is 10.2. The number of rotatable bonds is 6. The molecule has 0 atom stereocenters. The molecule has 0 unspecified atom stereocenters. The molecule has 1 aliphatic rings. The predicted molar refractivity (Wildman–Crippen MR) is 106 cm³/mol. The summed E-state index contributed by atoms with van der Waals surface area (Å²) in [6, 6.07) is 2.13. The fourth-order valence-corrected chi connectivity index (χ4v) is 3.94. The van der Waals surface area contributed by atoms with Crippen molar-refractivity contribution in [3.63, 3.8) is 0 Å². The van der Waals surface area contributed by atoms with Crippen LogP contribution < -0.4 is 5.32 Å². The van der Waals surface area contributed by atoms with Crippen LogP contribution in [-0.4, -0.2) is 43.5 Å². The third-order valence-corrected chi connectivity index (χ3v) is 5.11. The van der Waals surface area contributed by atoms with E-state index in [2.05, 4.69) is 39.9 Å². The first-order valence-electron chi connectivity index (χ1n) is 9.99. The molecule has 27 heavy (non-hydrogen) atoms. The minimum atomic E-state index is -0.0747. The van der Waals surface area contributed by atoms with Gasteiger partial charge in [0.1, 0.15) is 0 Å². The van der Waals surface area contributed by atoms with Crippen molar-refractivity contribution >= 4 is 5.91 Å². The summed E-state index contributed by atoms with van der Waals surface area (Å²) in [7, 11) is 0. The SMILES string of the molecule is CCn1nc(C)c(C(=O)NCc2cc3n(n2)CCCN(CC(C)C)C3)c1C. The van der Waals surface area contributed by atoms with Gasteiger partial charge in [-0.1, -0.05) is 13.8 Å². The Hall–Kier alpha value is -2.15. The van der Waals surface area contributed by atoms with Gasteiger partial charge in [-0.25, -0.2) is 0 Å². The number of fused-ring (bicyclic) bond motifs is 1. The van der Waals surface area contributed by atoms with Crippen molar-refractivity contribution in [1.29, 1.82) is 0 Å². The fourth-order valence-electron chi connectivity index (χ4n) is 3.94. The van der Waals surface area contributed by atoms with Crippen LogP contribution in [0.4, 0.5) is 0 Å². The first-order valence-corrected chi connectivity index (χ1v) is 9.99. The van der Waals surface area contributed by atoms with Crippen molar-refractivity contribution in [3.8, 4) is 0 Å². The van der Waals surface area contributed by atoms with Gasteiger partial charge in [-0.15, -0.1) is 0 Å². The van der Waals surface area contributed by atoms with E-state index in [-0.39, 0.29) is 5.91 Å². The molecule has 0 fully saturated rings. The number of carbonyl (C=O) groups is 1. The van der Waals surface area contributed by atoms with Crippen molar-refractivity contribution < 1.29 is 4.79 Å². The van der Waals surface area contributed by atoms with Crippen molar-refractivity contribution in [2.24, 2.45) is 5.92 Å². The highest BCUT2D eigenvalue weighted by Gasteiger charge is 2.20. The summed E-state index contributed by atoms with van der Waals surface area (Å²) >= 11 is 0. The maximum atomic E-state index is 12.7. The molecule has 7 nitrogen and oxygen atoms in total. The molecule has 3 heterocycles. The summed E-state index contributed by atoms with van der Waals surface area (Å²) < 4.78 is 3.97. The van der Waals surface area contributed by atoms with Crippen LogP contribution in [0.3, 0.4) is 0 Å². The van der Waals surface area contributed by atoms with Gasteiger partial charge in [-0.05, 0) is 39.2 Å². The monoisotopic (exact) mass is 372 g/mol. The molecule has 0 bridgehead atoms. The molecule has 2 aromatic rings. The van der Waals surface area contributed by atoms with E-state index in [9.17, 15) is 4.79 Å².